The number of amides is 2. The molecule has 1 aliphatic heterocycles. The van der Waals surface area contributed by atoms with Gasteiger partial charge in [0.2, 0.25) is 11.8 Å². The lowest BCUT2D eigenvalue weighted by atomic mass is 9.96. The van der Waals surface area contributed by atoms with Gasteiger partial charge in [0.15, 0.2) is 0 Å². The molecular formula is C19H28N2O2. The fourth-order valence-electron chi connectivity index (χ4n) is 3.00. The van der Waals surface area contributed by atoms with Gasteiger partial charge in [0.1, 0.15) is 0 Å². The Morgan fingerprint density at radius 2 is 1.74 bits per heavy atom. The van der Waals surface area contributed by atoms with Crippen molar-refractivity contribution in [2.24, 2.45) is 0 Å². The Morgan fingerprint density at radius 1 is 1.09 bits per heavy atom. The van der Waals surface area contributed by atoms with Gasteiger partial charge >= 0.3 is 0 Å². The third-order valence-corrected chi connectivity index (χ3v) is 4.68. The van der Waals surface area contributed by atoms with Crippen molar-refractivity contribution in [1.82, 2.24) is 9.80 Å². The van der Waals surface area contributed by atoms with Crippen molar-refractivity contribution in [2.45, 2.75) is 46.5 Å². The summed E-state index contributed by atoms with van der Waals surface area (Å²) in [6.45, 7) is 10.8. The van der Waals surface area contributed by atoms with Crippen LogP contribution in [0.5, 0.6) is 0 Å². The van der Waals surface area contributed by atoms with Gasteiger partial charge in [0.05, 0.1) is 6.42 Å². The molecule has 126 valence electrons. The van der Waals surface area contributed by atoms with E-state index in [-0.39, 0.29) is 11.8 Å². The lowest BCUT2D eigenvalue weighted by molar-refractivity contribution is -0.132. The van der Waals surface area contributed by atoms with Gasteiger partial charge in [-0.25, -0.2) is 0 Å². The van der Waals surface area contributed by atoms with Gasteiger partial charge in [-0.05, 0) is 36.0 Å². The molecule has 4 nitrogen and oxygen atoms in total. The summed E-state index contributed by atoms with van der Waals surface area (Å²) in [5, 5.41) is 0. The van der Waals surface area contributed by atoms with Crippen molar-refractivity contribution >= 4 is 11.8 Å². The molecule has 0 aliphatic carbocycles. The minimum absolute atomic E-state index is 0.0970. The Bertz CT molecular complexity index is 581. The molecule has 2 rings (SSSR count). The maximum absolute atomic E-state index is 12.7. The number of carbonyl (C=O) groups is 2. The van der Waals surface area contributed by atoms with E-state index < -0.39 is 0 Å². The van der Waals surface area contributed by atoms with E-state index in [1.54, 1.807) is 6.92 Å². The molecule has 4 heteroatoms. The summed E-state index contributed by atoms with van der Waals surface area (Å²) in [6.07, 6.45) is 1.31. The monoisotopic (exact) mass is 316 g/mol. The number of carbonyl (C=O) groups excluding carboxylic acids is 2. The first kappa shape index (κ1) is 17.5. The molecule has 2 amide bonds. The predicted molar refractivity (Wildman–Crippen MR) is 92.4 cm³/mol. The molecule has 1 aromatic rings. The Labute approximate surface area is 139 Å². The Morgan fingerprint density at radius 3 is 2.39 bits per heavy atom. The van der Waals surface area contributed by atoms with Crippen LogP contribution < -0.4 is 0 Å². The standard InChI is InChI=1S/C19H28N2O2/c1-14(2)17-7-6-15(3)18(12-17)13-19(23)21-9-5-8-20(10-11-21)16(4)22/h6-7,12,14H,5,8-11,13H2,1-4H3. The summed E-state index contributed by atoms with van der Waals surface area (Å²) in [4.78, 5) is 27.9. The fourth-order valence-corrected chi connectivity index (χ4v) is 3.00. The quantitative estimate of drug-likeness (QED) is 0.860. The smallest absolute Gasteiger partial charge is 0.227 e. The van der Waals surface area contributed by atoms with Crippen molar-refractivity contribution in [1.29, 1.82) is 0 Å². The fraction of sp³-hybridized carbons (Fsp3) is 0.579. The number of rotatable bonds is 3. The first-order valence-corrected chi connectivity index (χ1v) is 8.51. The zero-order chi connectivity index (χ0) is 17.0. The average Bonchev–Trinajstić information content (AvgIpc) is 2.75. The lowest BCUT2D eigenvalue weighted by Crippen LogP contribution is -2.37. The van der Waals surface area contributed by atoms with E-state index in [1.807, 2.05) is 9.80 Å². The number of hydrogen-bond acceptors (Lipinski definition) is 2. The van der Waals surface area contributed by atoms with Gasteiger partial charge in [-0.15, -0.1) is 0 Å². The number of nitrogens with zero attached hydrogens (tertiary/aromatic N) is 2. The van der Waals surface area contributed by atoms with Crippen molar-refractivity contribution in [3.05, 3.63) is 34.9 Å². The van der Waals surface area contributed by atoms with Crippen LogP contribution in [0.2, 0.25) is 0 Å². The molecule has 1 heterocycles. The highest BCUT2D eigenvalue weighted by atomic mass is 16.2. The first-order chi connectivity index (χ1) is 10.9. The Kier molecular flexibility index (Phi) is 5.80. The molecule has 0 bridgehead atoms. The highest BCUT2D eigenvalue weighted by Crippen LogP contribution is 2.19. The van der Waals surface area contributed by atoms with E-state index in [0.717, 1.165) is 25.1 Å². The van der Waals surface area contributed by atoms with Crippen molar-refractivity contribution in [3.8, 4) is 0 Å². The van der Waals surface area contributed by atoms with E-state index in [9.17, 15) is 9.59 Å². The van der Waals surface area contributed by atoms with Crippen LogP contribution >= 0.6 is 0 Å². The summed E-state index contributed by atoms with van der Waals surface area (Å²) in [7, 11) is 0. The Balaban J connectivity index is 2.04. The topological polar surface area (TPSA) is 40.6 Å². The van der Waals surface area contributed by atoms with Crippen molar-refractivity contribution in [2.75, 3.05) is 26.2 Å². The second kappa shape index (κ2) is 7.62. The van der Waals surface area contributed by atoms with Gasteiger partial charge in [-0.2, -0.15) is 0 Å². The number of benzene rings is 1. The van der Waals surface area contributed by atoms with Crippen LogP contribution in [0.4, 0.5) is 0 Å². The SMILES string of the molecule is CC(=O)N1CCCN(C(=O)Cc2cc(C(C)C)ccc2C)CC1. The van der Waals surface area contributed by atoms with E-state index in [4.69, 9.17) is 0 Å². The molecule has 0 radical (unpaired) electrons. The molecule has 23 heavy (non-hydrogen) atoms. The maximum atomic E-state index is 12.7. The molecule has 1 aliphatic rings. The predicted octanol–water partition coefficient (Wildman–Crippen LogP) is 2.74. The van der Waals surface area contributed by atoms with Gasteiger partial charge in [-0.1, -0.05) is 32.0 Å². The third-order valence-electron chi connectivity index (χ3n) is 4.68. The summed E-state index contributed by atoms with van der Waals surface area (Å²) in [6, 6.07) is 6.42. The molecule has 0 atom stereocenters. The van der Waals surface area contributed by atoms with Crippen LogP contribution in [0.1, 0.15) is 49.8 Å². The second-order valence-corrected chi connectivity index (χ2v) is 6.76. The van der Waals surface area contributed by atoms with Crippen LogP contribution in [-0.2, 0) is 16.0 Å². The zero-order valence-corrected chi connectivity index (χ0v) is 14.8. The second-order valence-electron chi connectivity index (χ2n) is 6.76. The molecular weight excluding hydrogens is 288 g/mol. The molecule has 0 aromatic heterocycles. The highest BCUT2D eigenvalue weighted by Gasteiger charge is 2.21. The number of hydrogen-bond donors (Lipinski definition) is 0. The Hall–Kier alpha value is -1.84. The van der Waals surface area contributed by atoms with Gasteiger partial charge < -0.3 is 9.80 Å². The van der Waals surface area contributed by atoms with Crippen molar-refractivity contribution in [3.63, 3.8) is 0 Å². The average molecular weight is 316 g/mol. The van der Waals surface area contributed by atoms with Crippen LogP contribution in [0.3, 0.4) is 0 Å². The van der Waals surface area contributed by atoms with Gasteiger partial charge in [-0.3, -0.25) is 9.59 Å². The summed E-state index contributed by atoms with van der Waals surface area (Å²) < 4.78 is 0. The highest BCUT2D eigenvalue weighted by molar-refractivity contribution is 5.79. The van der Waals surface area contributed by atoms with Gasteiger partial charge in [0.25, 0.3) is 0 Å². The van der Waals surface area contributed by atoms with E-state index in [2.05, 4.69) is 39.0 Å². The van der Waals surface area contributed by atoms with Crippen LogP contribution in [0.25, 0.3) is 0 Å². The normalized spacial score (nSPS) is 15.7. The zero-order valence-electron chi connectivity index (χ0n) is 14.8. The molecule has 0 unspecified atom stereocenters. The van der Waals surface area contributed by atoms with Crippen molar-refractivity contribution < 1.29 is 9.59 Å². The molecule has 0 spiro atoms. The van der Waals surface area contributed by atoms with E-state index >= 15 is 0 Å². The van der Waals surface area contributed by atoms with Crippen LogP contribution in [-0.4, -0.2) is 47.8 Å². The minimum Gasteiger partial charge on any atom is -0.341 e. The van der Waals surface area contributed by atoms with Gasteiger partial charge in [0, 0.05) is 33.1 Å². The molecule has 0 N–H and O–H groups in total. The summed E-state index contributed by atoms with van der Waals surface area (Å²) >= 11 is 0. The van der Waals surface area contributed by atoms with Crippen LogP contribution in [0.15, 0.2) is 18.2 Å². The van der Waals surface area contributed by atoms with Crippen LogP contribution in [0, 0.1) is 6.92 Å². The molecule has 1 fully saturated rings. The third kappa shape index (κ3) is 4.57. The molecule has 0 saturated carbocycles. The largest absolute Gasteiger partial charge is 0.341 e. The maximum Gasteiger partial charge on any atom is 0.227 e. The van der Waals surface area contributed by atoms with E-state index in [0.29, 0.717) is 25.4 Å². The lowest BCUT2D eigenvalue weighted by Gasteiger charge is -2.22. The minimum atomic E-state index is 0.0970. The molecule has 1 saturated heterocycles. The summed E-state index contributed by atoms with van der Waals surface area (Å²) in [5.74, 6) is 0.728. The summed E-state index contributed by atoms with van der Waals surface area (Å²) in [5.41, 5.74) is 3.56. The van der Waals surface area contributed by atoms with E-state index in [1.165, 1.54) is 11.1 Å². The number of aryl methyl sites for hydroxylation is 1. The first-order valence-electron chi connectivity index (χ1n) is 8.51. The molecule has 1 aromatic carbocycles.